The van der Waals surface area contributed by atoms with E-state index in [1.54, 1.807) is 0 Å². The first-order valence-electron chi connectivity index (χ1n) is 18.9. The lowest BCUT2D eigenvalue weighted by Crippen LogP contribution is -2.65. The number of nitrogens with zero attached hydrogens (tertiary/aromatic N) is 2. The SMILES string of the molecule is CC1(C)C2=C(c3ccccc31)N(c1ccccc1)c1cc(-c3cccc(-c4ccccc4)c3)cc3c1B2c1cccc2c1N3c1ccccc1[Si]2(C)C. The maximum Gasteiger partial charge on any atom is 0.248 e. The number of allylic oxidation sites excluding steroid dienone is 1. The molecule has 0 aromatic heterocycles. The lowest BCUT2D eigenvalue weighted by molar-refractivity contribution is 0.666. The number of hydrogen-bond acceptors (Lipinski definition) is 2. The van der Waals surface area contributed by atoms with Crippen molar-refractivity contribution in [1.82, 2.24) is 0 Å². The predicted molar refractivity (Wildman–Crippen MR) is 229 cm³/mol. The number of para-hydroxylation sites is 3. The van der Waals surface area contributed by atoms with Crippen molar-refractivity contribution in [3.63, 3.8) is 0 Å². The van der Waals surface area contributed by atoms with Gasteiger partial charge in [-0.05, 0) is 85.5 Å². The Bertz CT molecular complexity index is 2690. The van der Waals surface area contributed by atoms with Crippen molar-refractivity contribution < 1.29 is 0 Å². The Morgan fingerprint density at radius 1 is 0.509 bits per heavy atom. The van der Waals surface area contributed by atoms with Gasteiger partial charge in [-0.2, -0.15) is 0 Å². The summed E-state index contributed by atoms with van der Waals surface area (Å²) in [5.74, 6) is 0. The Hall–Kier alpha value is -5.84. The molecule has 7 aromatic carbocycles. The van der Waals surface area contributed by atoms with Gasteiger partial charge in [-0.25, -0.2) is 0 Å². The van der Waals surface area contributed by atoms with Crippen LogP contribution in [0.1, 0.15) is 25.0 Å². The van der Waals surface area contributed by atoms with Crippen molar-refractivity contribution in [2.45, 2.75) is 32.4 Å². The van der Waals surface area contributed by atoms with Gasteiger partial charge in [0.25, 0.3) is 0 Å². The zero-order chi connectivity index (χ0) is 35.6. The van der Waals surface area contributed by atoms with E-state index in [0.717, 1.165) is 0 Å². The zero-order valence-electron chi connectivity index (χ0n) is 30.6. The molecule has 0 radical (unpaired) electrons. The van der Waals surface area contributed by atoms with Crippen LogP contribution in [0.5, 0.6) is 0 Å². The first-order chi connectivity index (χ1) is 25.8. The molecule has 0 fully saturated rings. The van der Waals surface area contributed by atoms with Crippen molar-refractivity contribution in [2.75, 3.05) is 9.80 Å². The fraction of sp³-hybridized carbons (Fsp3) is 0.102. The van der Waals surface area contributed by atoms with Crippen molar-refractivity contribution in [1.29, 1.82) is 0 Å². The fourth-order valence-electron chi connectivity index (χ4n) is 10.2. The smallest absolute Gasteiger partial charge is 0.248 e. The fourth-order valence-corrected chi connectivity index (χ4v) is 13.2. The van der Waals surface area contributed by atoms with Crippen LogP contribution in [0.3, 0.4) is 0 Å². The minimum absolute atomic E-state index is 0.114. The van der Waals surface area contributed by atoms with Gasteiger partial charge in [0.15, 0.2) is 0 Å². The minimum atomic E-state index is -2.04. The Labute approximate surface area is 313 Å². The topological polar surface area (TPSA) is 6.48 Å². The second kappa shape index (κ2) is 10.8. The van der Waals surface area contributed by atoms with Gasteiger partial charge in [-0.1, -0.05) is 160 Å². The summed E-state index contributed by atoms with van der Waals surface area (Å²) in [7, 11) is -2.04. The molecule has 252 valence electrons. The molecule has 0 spiro atoms. The molecule has 7 aromatic rings. The van der Waals surface area contributed by atoms with Crippen molar-refractivity contribution in [3.8, 4) is 22.3 Å². The number of hydrogen-bond donors (Lipinski definition) is 0. The third-order valence-electron chi connectivity index (χ3n) is 12.6. The summed E-state index contributed by atoms with van der Waals surface area (Å²) < 4.78 is 0. The number of benzene rings is 7. The molecule has 0 amide bonds. The normalized spacial score (nSPS) is 16.4. The average molecular weight is 695 g/mol. The molecule has 11 rings (SSSR count). The third-order valence-corrected chi connectivity index (χ3v) is 16.1. The van der Waals surface area contributed by atoms with E-state index in [-0.39, 0.29) is 12.1 Å². The molecule has 53 heavy (non-hydrogen) atoms. The van der Waals surface area contributed by atoms with Crippen LogP contribution in [0.25, 0.3) is 28.0 Å². The van der Waals surface area contributed by atoms with Crippen LogP contribution in [0.15, 0.2) is 169 Å². The molecule has 4 aliphatic rings. The van der Waals surface area contributed by atoms with Crippen LogP contribution in [-0.2, 0) is 5.41 Å². The Balaban J connectivity index is 1.29. The maximum atomic E-state index is 2.65. The van der Waals surface area contributed by atoms with E-state index in [4.69, 9.17) is 0 Å². The van der Waals surface area contributed by atoms with Gasteiger partial charge < -0.3 is 9.80 Å². The van der Waals surface area contributed by atoms with E-state index in [1.165, 1.54) is 94.3 Å². The highest BCUT2D eigenvalue weighted by Crippen LogP contribution is 2.56. The number of rotatable bonds is 3. The Morgan fingerprint density at radius 2 is 1.11 bits per heavy atom. The van der Waals surface area contributed by atoms with Crippen molar-refractivity contribution in [2.24, 2.45) is 0 Å². The molecule has 3 heterocycles. The predicted octanol–water partition coefficient (Wildman–Crippen LogP) is 9.94. The Morgan fingerprint density at radius 3 is 1.91 bits per heavy atom. The van der Waals surface area contributed by atoms with Gasteiger partial charge in [-0.15, -0.1) is 0 Å². The summed E-state index contributed by atoms with van der Waals surface area (Å²) in [6, 6.07) is 61.6. The molecule has 0 unspecified atom stereocenters. The lowest BCUT2D eigenvalue weighted by atomic mass is 9.30. The molecular weight excluding hydrogens is 655 g/mol. The van der Waals surface area contributed by atoms with Crippen LogP contribution in [-0.4, -0.2) is 14.8 Å². The molecule has 0 bridgehead atoms. The molecule has 0 saturated carbocycles. The minimum Gasteiger partial charge on any atom is -0.312 e. The van der Waals surface area contributed by atoms with Gasteiger partial charge in [0, 0.05) is 45.1 Å². The van der Waals surface area contributed by atoms with Crippen LogP contribution < -0.4 is 31.1 Å². The van der Waals surface area contributed by atoms with E-state index in [9.17, 15) is 0 Å². The second-order valence-corrected chi connectivity index (χ2v) is 20.5. The standard InChI is InChI=1S/C49H39BN2Si/c1-49(2)38-24-12-11-23-37(38)46-48(49)50-39-25-16-28-44-47(39)52(40-26-13-14-27-43(40)53(44,3)4)42-31-35(30-41(45(42)50)51(46)36-21-9-6-10-22-36)34-20-15-19-33(29-34)32-17-7-5-8-18-32/h5-31H,1-4H3. The summed E-state index contributed by atoms with van der Waals surface area (Å²) in [6.07, 6.45) is 0. The summed E-state index contributed by atoms with van der Waals surface area (Å²) in [5.41, 5.74) is 19.7. The van der Waals surface area contributed by atoms with E-state index < -0.39 is 8.07 Å². The maximum absolute atomic E-state index is 2.65. The average Bonchev–Trinajstić information content (AvgIpc) is 3.44. The quantitative estimate of drug-likeness (QED) is 0.170. The number of anilines is 5. The van der Waals surface area contributed by atoms with Gasteiger partial charge in [0.1, 0.15) is 8.07 Å². The number of fused-ring (bicyclic) bond motifs is 7. The summed E-state index contributed by atoms with van der Waals surface area (Å²) in [4.78, 5) is 5.26. The summed E-state index contributed by atoms with van der Waals surface area (Å²) in [6.45, 7) is 10.1. The molecule has 1 aliphatic carbocycles. The molecular formula is C49H39BN2Si. The molecule has 3 aliphatic heterocycles. The molecule has 0 N–H and O–H groups in total. The highest BCUT2D eigenvalue weighted by molar-refractivity contribution is 7.04. The molecule has 0 saturated heterocycles. The molecule has 2 nitrogen and oxygen atoms in total. The van der Waals surface area contributed by atoms with Crippen LogP contribution >= 0.6 is 0 Å². The summed E-state index contributed by atoms with van der Waals surface area (Å²) >= 11 is 0. The third kappa shape index (κ3) is 4.10. The summed E-state index contributed by atoms with van der Waals surface area (Å²) in [5, 5.41) is 3.02. The van der Waals surface area contributed by atoms with Crippen LogP contribution in [0, 0.1) is 0 Å². The van der Waals surface area contributed by atoms with Crippen molar-refractivity contribution in [3.05, 3.63) is 180 Å². The van der Waals surface area contributed by atoms with Gasteiger partial charge in [0.2, 0.25) is 6.71 Å². The Kier molecular flexibility index (Phi) is 6.30. The van der Waals surface area contributed by atoms with E-state index in [0.29, 0.717) is 0 Å². The van der Waals surface area contributed by atoms with E-state index in [1.807, 2.05) is 0 Å². The van der Waals surface area contributed by atoms with Crippen LogP contribution in [0.4, 0.5) is 28.4 Å². The van der Waals surface area contributed by atoms with Gasteiger partial charge >= 0.3 is 0 Å². The first-order valence-corrected chi connectivity index (χ1v) is 21.9. The van der Waals surface area contributed by atoms with Crippen LogP contribution in [0.2, 0.25) is 13.1 Å². The highest BCUT2D eigenvalue weighted by Gasteiger charge is 2.54. The second-order valence-electron chi connectivity index (χ2n) is 16.1. The largest absolute Gasteiger partial charge is 0.312 e. The molecule has 4 heteroatoms. The van der Waals surface area contributed by atoms with E-state index >= 15 is 0 Å². The van der Waals surface area contributed by atoms with Crippen molar-refractivity contribution >= 4 is 70.2 Å². The molecule has 0 atom stereocenters. The first kappa shape index (κ1) is 30.8. The zero-order valence-corrected chi connectivity index (χ0v) is 31.6. The van der Waals surface area contributed by atoms with E-state index in [2.05, 4.69) is 201 Å². The van der Waals surface area contributed by atoms with Gasteiger partial charge in [0.05, 0.1) is 0 Å². The monoisotopic (exact) mass is 694 g/mol. The van der Waals surface area contributed by atoms with Gasteiger partial charge in [-0.3, -0.25) is 0 Å². The lowest BCUT2D eigenvalue weighted by Gasteiger charge is -2.50. The highest BCUT2D eigenvalue weighted by atomic mass is 28.3.